The van der Waals surface area contributed by atoms with Gasteiger partial charge in [-0.05, 0) is 19.3 Å². The summed E-state index contributed by atoms with van der Waals surface area (Å²) >= 11 is 1.83. The number of hydrogen-bond acceptors (Lipinski definition) is 4. The van der Waals surface area contributed by atoms with Crippen LogP contribution in [0, 0.1) is 5.92 Å². The van der Waals surface area contributed by atoms with Gasteiger partial charge in [-0.1, -0.05) is 6.92 Å². The molecule has 0 aliphatic carbocycles. The van der Waals surface area contributed by atoms with Crippen molar-refractivity contribution in [1.82, 2.24) is 0 Å². The zero-order chi connectivity index (χ0) is 10.8. The maximum Gasteiger partial charge on any atom is 0.154 e. The first-order chi connectivity index (χ1) is 7.00. The first-order valence-corrected chi connectivity index (χ1v) is 8.19. The summed E-state index contributed by atoms with van der Waals surface area (Å²) in [4.78, 5) is 0. The Morgan fingerprint density at radius 3 is 2.60 bits per heavy atom. The van der Waals surface area contributed by atoms with E-state index in [1.54, 1.807) is 0 Å². The molecule has 5 heteroatoms. The lowest BCUT2D eigenvalue weighted by Crippen LogP contribution is -2.29. The van der Waals surface area contributed by atoms with Crippen molar-refractivity contribution in [2.75, 3.05) is 5.75 Å². The smallest absolute Gasteiger partial charge is 0.154 e. The van der Waals surface area contributed by atoms with Crippen LogP contribution < -0.4 is 0 Å². The normalized spacial score (nSPS) is 56.7. The fourth-order valence-corrected chi connectivity index (χ4v) is 8.05. The largest absolute Gasteiger partial charge is 0.369 e. The van der Waals surface area contributed by atoms with Gasteiger partial charge >= 0.3 is 0 Å². The first kappa shape index (κ1) is 10.4. The van der Waals surface area contributed by atoms with Crippen molar-refractivity contribution >= 4 is 21.6 Å². The third-order valence-electron chi connectivity index (χ3n) is 3.91. The average molecular weight is 248 g/mol. The molecule has 6 unspecified atom stereocenters. The maximum absolute atomic E-state index is 11.9. The molecule has 3 heterocycles. The molecule has 0 saturated carbocycles. The number of sulfone groups is 1. The van der Waals surface area contributed by atoms with Crippen molar-refractivity contribution < 1.29 is 13.2 Å². The third kappa shape index (κ3) is 1.46. The zero-order valence-corrected chi connectivity index (χ0v) is 10.6. The summed E-state index contributed by atoms with van der Waals surface area (Å²) in [6.45, 7) is 4.13. The molecular formula is C10H16O3S2. The summed E-state index contributed by atoms with van der Waals surface area (Å²) in [5.41, 5.74) is 0. The van der Waals surface area contributed by atoms with E-state index >= 15 is 0 Å². The predicted octanol–water partition coefficient (Wildman–Crippen LogP) is 1.08. The lowest BCUT2D eigenvalue weighted by molar-refractivity contribution is 0.349. The minimum Gasteiger partial charge on any atom is -0.369 e. The Bertz CT molecular complexity index is 378. The van der Waals surface area contributed by atoms with Crippen LogP contribution in [0.4, 0.5) is 0 Å². The number of hydrogen-bond donors (Lipinski definition) is 0. The molecule has 0 aromatic carbocycles. The molecule has 3 aliphatic heterocycles. The Hall–Kier alpha value is 0.260. The van der Waals surface area contributed by atoms with E-state index in [0.717, 1.165) is 6.42 Å². The van der Waals surface area contributed by atoms with Crippen LogP contribution in [-0.2, 0) is 14.6 Å². The highest BCUT2D eigenvalue weighted by Gasteiger charge is 2.58. The van der Waals surface area contributed by atoms with E-state index in [4.69, 9.17) is 4.74 Å². The van der Waals surface area contributed by atoms with Crippen LogP contribution in [0.3, 0.4) is 0 Å². The Balaban J connectivity index is 1.87. The first-order valence-electron chi connectivity index (χ1n) is 5.53. The molecule has 3 nitrogen and oxygen atoms in total. The van der Waals surface area contributed by atoms with Gasteiger partial charge in [0, 0.05) is 10.5 Å². The minimum absolute atomic E-state index is 0.0936. The van der Waals surface area contributed by atoms with Crippen molar-refractivity contribution in [3.63, 3.8) is 0 Å². The van der Waals surface area contributed by atoms with E-state index < -0.39 is 9.84 Å². The summed E-state index contributed by atoms with van der Waals surface area (Å²) in [7, 11) is -2.81. The summed E-state index contributed by atoms with van der Waals surface area (Å²) in [5.74, 6) is 0.745. The molecule has 3 aliphatic rings. The average Bonchev–Trinajstić information content (AvgIpc) is 2.62. The fourth-order valence-electron chi connectivity index (χ4n) is 3.15. The summed E-state index contributed by atoms with van der Waals surface area (Å²) in [6, 6.07) is 0. The Morgan fingerprint density at radius 2 is 2.00 bits per heavy atom. The zero-order valence-electron chi connectivity index (χ0n) is 8.92. The van der Waals surface area contributed by atoms with Crippen LogP contribution >= 0.6 is 11.8 Å². The molecule has 3 rings (SSSR count). The van der Waals surface area contributed by atoms with Gasteiger partial charge in [0.1, 0.15) is 0 Å². The molecule has 0 aromatic rings. The van der Waals surface area contributed by atoms with E-state index in [1.807, 2.05) is 11.8 Å². The van der Waals surface area contributed by atoms with E-state index in [1.165, 1.54) is 0 Å². The lowest BCUT2D eigenvalue weighted by Gasteiger charge is -2.13. The molecule has 3 fully saturated rings. The van der Waals surface area contributed by atoms with Crippen LogP contribution in [0.1, 0.15) is 20.3 Å². The van der Waals surface area contributed by atoms with Crippen molar-refractivity contribution in [3.8, 4) is 0 Å². The summed E-state index contributed by atoms with van der Waals surface area (Å²) in [5, 5.41) is 0.588. The second-order valence-electron chi connectivity index (χ2n) is 4.90. The second kappa shape index (κ2) is 3.14. The van der Waals surface area contributed by atoms with Crippen molar-refractivity contribution in [2.45, 2.75) is 48.2 Å². The minimum atomic E-state index is -2.81. The van der Waals surface area contributed by atoms with Gasteiger partial charge in [0.2, 0.25) is 0 Å². The molecular weight excluding hydrogens is 232 g/mol. The number of epoxide rings is 1. The Labute approximate surface area is 94.9 Å². The van der Waals surface area contributed by atoms with E-state index in [2.05, 4.69) is 13.8 Å². The molecule has 0 spiro atoms. The maximum atomic E-state index is 11.9. The van der Waals surface area contributed by atoms with E-state index in [9.17, 15) is 8.42 Å². The van der Waals surface area contributed by atoms with Gasteiger partial charge in [-0.2, -0.15) is 11.8 Å². The standard InChI is InChI=1S/C10H16O3S2/c1-5-8(13-5)9-7-3-4-15(11,12)10(7)6(2)14-9/h5-10H,3-4H2,1-2H3. The number of fused-ring (bicyclic) bond motifs is 1. The van der Waals surface area contributed by atoms with Crippen LogP contribution in [0.15, 0.2) is 0 Å². The number of thioether (sulfide) groups is 1. The third-order valence-corrected chi connectivity index (χ3v) is 8.13. The van der Waals surface area contributed by atoms with E-state index in [0.29, 0.717) is 29.1 Å². The highest BCUT2D eigenvalue weighted by Crippen LogP contribution is 2.52. The van der Waals surface area contributed by atoms with Crippen LogP contribution in [0.5, 0.6) is 0 Å². The molecule has 3 saturated heterocycles. The van der Waals surface area contributed by atoms with E-state index in [-0.39, 0.29) is 10.5 Å². The van der Waals surface area contributed by atoms with Crippen molar-refractivity contribution in [3.05, 3.63) is 0 Å². The predicted molar refractivity (Wildman–Crippen MR) is 60.9 cm³/mol. The van der Waals surface area contributed by atoms with Crippen molar-refractivity contribution in [1.29, 1.82) is 0 Å². The number of rotatable bonds is 1. The topological polar surface area (TPSA) is 46.7 Å². The highest BCUT2D eigenvalue weighted by molar-refractivity contribution is 8.02. The van der Waals surface area contributed by atoms with Gasteiger partial charge in [-0.3, -0.25) is 0 Å². The van der Waals surface area contributed by atoms with Gasteiger partial charge in [0.25, 0.3) is 0 Å². The molecule has 0 aromatic heterocycles. The quantitative estimate of drug-likeness (QED) is 0.652. The fraction of sp³-hybridized carbons (Fsp3) is 1.00. The van der Waals surface area contributed by atoms with Gasteiger partial charge < -0.3 is 4.74 Å². The monoisotopic (exact) mass is 248 g/mol. The van der Waals surface area contributed by atoms with Gasteiger partial charge in [0.05, 0.1) is 23.2 Å². The summed E-state index contributed by atoms with van der Waals surface area (Å²) in [6.07, 6.45) is 1.51. The summed E-state index contributed by atoms with van der Waals surface area (Å²) < 4.78 is 29.2. The molecule has 6 atom stereocenters. The van der Waals surface area contributed by atoms with Gasteiger partial charge in [-0.15, -0.1) is 0 Å². The van der Waals surface area contributed by atoms with Crippen LogP contribution in [-0.4, -0.2) is 42.1 Å². The Kier molecular flexibility index (Phi) is 2.18. The molecule has 0 N–H and O–H groups in total. The molecule has 0 bridgehead atoms. The SMILES string of the molecule is CC1OC1C1SC(C)C2C1CCS2(=O)=O. The number of ether oxygens (including phenoxy) is 1. The molecule has 86 valence electrons. The van der Waals surface area contributed by atoms with Crippen LogP contribution in [0.25, 0.3) is 0 Å². The molecule has 15 heavy (non-hydrogen) atoms. The van der Waals surface area contributed by atoms with Gasteiger partial charge in [-0.25, -0.2) is 8.42 Å². The van der Waals surface area contributed by atoms with Gasteiger partial charge in [0.15, 0.2) is 9.84 Å². The Morgan fingerprint density at radius 1 is 1.33 bits per heavy atom. The van der Waals surface area contributed by atoms with Crippen LogP contribution in [0.2, 0.25) is 0 Å². The van der Waals surface area contributed by atoms with Crippen molar-refractivity contribution in [2.24, 2.45) is 5.92 Å². The highest BCUT2D eigenvalue weighted by atomic mass is 32.2. The molecule has 0 amide bonds. The second-order valence-corrected chi connectivity index (χ2v) is 8.73. The molecule has 0 radical (unpaired) electrons. The lowest BCUT2D eigenvalue weighted by atomic mass is 9.94.